The first-order valence-corrected chi connectivity index (χ1v) is 13.4. The number of Topliss-reactive ketones (excluding diaryl/α,β-unsaturated/α-hetero) is 1. The predicted octanol–water partition coefficient (Wildman–Crippen LogP) is 4.09. The maximum absolute atomic E-state index is 13.9. The van der Waals surface area contributed by atoms with E-state index in [0.29, 0.717) is 19.3 Å². The summed E-state index contributed by atoms with van der Waals surface area (Å²) in [4.78, 5) is 49.5. The first kappa shape index (κ1) is 27.1. The quantitative estimate of drug-likeness (QED) is 0.415. The van der Waals surface area contributed by atoms with Crippen LogP contribution >= 0.6 is 11.6 Å². The van der Waals surface area contributed by atoms with Crippen LogP contribution in [0.4, 0.5) is 0 Å². The van der Waals surface area contributed by atoms with E-state index >= 15 is 0 Å². The van der Waals surface area contributed by atoms with Gasteiger partial charge < -0.3 is 14.6 Å². The summed E-state index contributed by atoms with van der Waals surface area (Å²) in [7, 11) is 0. The third-order valence-corrected chi connectivity index (χ3v) is 10.7. The van der Waals surface area contributed by atoms with Crippen molar-refractivity contribution in [3.05, 3.63) is 23.8 Å². The standard InChI is InChI=1S/C28H37ClO7/c1-6-23(33)35-15-22(32)28(36-24(34)7-2)16(3)12-20-19-9-8-17-13-18(30)10-11-25(17,4)27(19,29)21(31)14-26(20,28)5/h10-11,13,16,19-21,31H,6-9,12,14-15H2,1-5H3/t16-,19-,20-,21-,25-,26-,27-,28+/m0/s1. The molecule has 1 N–H and O–H groups in total. The Labute approximate surface area is 217 Å². The molecule has 0 amide bonds. The van der Waals surface area contributed by atoms with Crippen LogP contribution in [0.5, 0.6) is 0 Å². The zero-order chi connectivity index (χ0) is 26.7. The number of fused-ring (bicyclic) bond motifs is 5. The van der Waals surface area contributed by atoms with Gasteiger partial charge in [0.05, 0.1) is 11.0 Å². The first-order chi connectivity index (χ1) is 16.8. The Balaban J connectivity index is 1.80. The number of allylic oxidation sites excluding steroid dienone is 4. The van der Waals surface area contributed by atoms with Gasteiger partial charge in [-0.25, -0.2) is 0 Å². The number of halogens is 1. The minimum absolute atomic E-state index is 0.0801. The summed E-state index contributed by atoms with van der Waals surface area (Å²) in [6.07, 6.45) is 6.18. The van der Waals surface area contributed by atoms with Crippen LogP contribution in [0.1, 0.15) is 73.1 Å². The van der Waals surface area contributed by atoms with E-state index in [4.69, 9.17) is 21.1 Å². The lowest BCUT2D eigenvalue weighted by Gasteiger charge is -2.64. The summed E-state index contributed by atoms with van der Waals surface area (Å²) in [5, 5.41) is 11.8. The summed E-state index contributed by atoms with van der Waals surface area (Å²) in [6.45, 7) is 8.61. The maximum atomic E-state index is 13.9. The molecule has 36 heavy (non-hydrogen) atoms. The summed E-state index contributed by atoms with van der Waals surface area (Å²) < 4.78 is 11.3. The van der Waals surface area contributed by atoms with Crippen molar-refractivity contribution >= 4 is 35.1 Å². The van der Waals surface area contributed by atoms with Gasteiger partial charge in [-0.05, 0) is 49.7 Å². The lowest BCUT2D eigenvalue weighted by Crippen LogP contribution is -2.69. The van der Waals surface area contributed by atoms with Crippen LogP contribution in [-0.2, 0) is 28.7 Å². The summed E-state index contributed by atoms with van der Waals surface area (Å²) in [6, 6.07) is 0. The van der Waals surface area contributed by atoms with Crippen LogP contribution in [0.3, 0.4) is 0 Å². The number of carbonyl (C=O) groups excluding carboxylic acids is 4. The van der Waals surface area contributed by atoms with Gasteiger partial charge in [0, 0.05) is 29.6 Å². The Morgan fingerprint density at radius 3 is 2.44 bits per heavy atom. The summed E-state index contributed by atoms with van der Waals surface area (Å²) in [5.74, 6) is -2.24. The Bertz CT molecular complexity index is 1050. The van der Waals surface area contributed by atoms with Crippen molar-refractivity contribution in [2.75, 3.05) is 6.61 Å². The van der Waals surface area contributed by atoms with Crippen molar-refractivity contribution in [2.45, 2.75) is 89.7 Å². The molecule has 0 aromatic rings. The van der Waals surface area contributed by atoms with Gasteiger partial charge in [-0.3, -0.25) is 19.2 Å². The summed E-state index contributed by atoms with van der Waals surface area (Å²) in [5.41, 5.74) is -2.27. The lowest BCUT2D eigenvalue weighted by molar-refractivity contribution is -0.203. The predicted molar refractivity (Wildman–Crippen MR) is 133 cm³/mol. The highest BCUT2D eigenvalue weighted by molar-refractivity contribution is 6.26. The van der Waals surface area contributed by atoms with Crippen LogP contribution in [0.25, 0.3) is 0 Å². The number of aliphatic hydroxyl groups is 1. The molecule has 7 nitrogen and oxygen atoms in total. The number of aliphatic hydroxyl groups excluding tert-OH is 1. The molecule has 0 spiro atoms. The molecule has 3 fully saturated rings. The fourth-order valence-corrected chi connectivity index (χ4v) is 8.53. The fraction of sp³-hybridized carbons (Fsp3) is 0.714. The number of ketones is 2. The Hall–Kier alpha value is -1.99. The molecule has 0 saturated heterocycles. The normalized spacial score (nSPS) is 43.1. The van der Waals surface area contributed by atoms with Crippen molar-refractivity contribution < 1.29 is 33.8 Å². The minimum Gasteiger partial charge on any atom is -0.457 e. The molecule has 0 unspecified atom stereocenters. The Kier molecular flexibility index (Phi) is 6.83. The molecule has 4 aliphatic carbocycles. The van der Waals surface area contributed by atoms with E-state index in [1.54, 1.807) is 19.9 Å². The van der Waals surface area contributed by atoms with E-state index in [-0.39, 0.29) is 42.8 Å². The van der Waals surface area contributed by atoms with E-state index in [0.717, 1.165) is 5.57 Å². The van der Waals surface area contributed by atoms with E-state index in [1.807, 2.05) is 26.8 Å². The number of ether oxygens (including phenoxy) is 2. The smallest absolute Gasteiger partial charge is 0.306 e. The third kappa shape index (κ3) is 3.48. The molecule has 0 aliphatic heterocycles. The molecule has 0 aromatic heterocycles. The molecule has 8 heteroatoms. The van der Waals surface area contributed by atoms with Gasteiger partial charge in [-0.15, -0.1) is 11.6 Å². The van der Waals surface area contributed by atoms with Crippen LogP contribution in [-0.4, -0.2) is 51.8 Å². The Morgan fingerprint density at radius 1 is 1.14 bits per heavy atom. The maximum Gasteiger partial charge on any atom is 0.306 e. The molecule has 0 aromatic carbocycles. The molecule has 3 saturated carbocycles. The van der Waals surface area contributed by atoms with Gasteiger partial charge in [0.15, 0.2) is 18.0 Å². The van der Waals surface area contributed by atoms with E-state index < -0.39 is 51.7 Å². The van der Waals surface area contributed by atoms with Gasteiger partial charge >= 0.3 is 11.9 Å². The molecule has 0 bridgehead atoms. The average molecular weight is 521 g/mol. The highest BCUT2D eigenvalue weighted by atomic mass is 35.5. The summed E-state index contributed by atoms with van der Waals surface area (Å²) >= 11 is 7.48. The monoisotopic (exact) mass is 520 g/mol. The van der Waals surface area contributed by atoms with Crippen molar-refractivity contribution in [3.8, 4) is 0 Å². The van der Waals surface area contributed by atoms with Crippen LogP contribution in [0, 0.1) is 28.6 Å². The third-order valence-electron chi connectivity index (χ3n) is 9.81. The second-order valence-electron chi connectivity index (χ2n) is 11.4. The molecule has 4 aliphatic rings. The molecule has 4 rings (SSSR count). The number of alkyl halides is 1. The number of hydrogen-bond donors (Lipinski definition) is 1. The largest absolute Gasteiger partial charge is 0.457 e. The average Bonchev–Trinajstić information content (AvgIpc) is 3.05. The molecule has 0 radical (unpaired) electrons. The van der Waals surface area contributed by atoms with E-state index in [1.165, 1.54) is 6.08 Å². The number of rotatable bonds is 6. The number of carbonyl (C=O) groups is 4. The highest BCUT2D eigenvalue weighted by Crippen LogP contribution is 2.72. The zero-order valence-electron chi connectivity index (χ0n) is 21.8. The fourth-order valence-electron chi connectivity index (χ4n) is 8.01. The van der Waals surface area contributed by atoms with Crippen molar-refractivity contribution in [3.63, 3.8) is 0 Å². The minimum atomic E-state index is -1.55. The van der Waals surface area contributed by atoms with E-state index in [9.17, 15) is 24.3 Å². The second-order valence-corrected chi connectivity index (χ2v) is 12.0. The van der Waals surface area contributed by atoms with Crippen molar-refractivity contribution in [2.24, 2.45) is 28.6 Å². The molecular weight excluding hydrogens is 484 g/mol. The van der Waals surface area contributed by atoms with E-state index in [2.05, 4.69) is 0 Å². The topological polar surface area (TPSA) is 107 Å². The lowest BCUT2D eigenvalue weighted by atomic mass is 9.45. The van der Waals surface area contributed by atoms with Crippen LogP contribution < -0.4 is 0 Å². The number of hydrogen-bond acceptors (Lipinski definition) is 7. The van der Waals surface area contributed by atoms with Gasteiger partial charge in [-0.2, -0.15) is 0 Å². The SMILES string of the molecule is CCC(=O)OCC(=O)[C@]1(OC(=O)CC)[C@@H](C)C[C@H]2[C@@H]3CCC4=CC(=O)C=C[C@]4(C)[C@@]3(Cl)[C@@H](O)C[C@@]21C. The zero-order valence-corrected chi connectivity index (χ0v) is 22.5. The van der Waals surface area contributed by atoms with Gasteiger partial charge in [0.25, 0.3) is 0 Å². The molecule has 0 heterocycles. The molecule has 8 atom stereocenters. The van der Waals surface area contributed by atoms with Crippen LogP contribution in [0.15, 0.2) is 23.8 Å². The van der Waals surface area contributed by atoms with Gasteiger partial charge in [0.1, 0.15) is 0 Å². The van der Waals surface area contributed by atoms with Gasteiger partial charge in [0.2, 0.25) is 5.78 Å². The number of esters is 2. The Morgan fingerprint density at radius 2 is 1.81 bits per heavy atom. The first-order valence-electron chi connectivity index (χ1n) is 13.0. The highest BCUT2D eigenvalue weighted by Gasteiger charge is 2.76. The van der Waals surface area contributed by atoms with Crippen LogP contribution in [0.2, 0.25) is 0 Å². The van der Waals surface area contributed by atoms with Crippen molar-refractivity contribution in [1.82, 2.24) is 0 Å². The molecular formula is C28H37ClO7. The van der Waals surface area contributed by atoms with Gasteiger partial charge in [-0.1, -0.05) is 46.3 Å². The second kappa shape index (κ2) is 9.09. The van der Waals surface area contributed by atoms with Crippen molar-refractivity contribution in [1.29, 1.82) is 0 Å². The molecule has 198 valence electrons.